The predicted molar refractivity (Wildman–Crippen MR) is 123 cm³/mol. The monoisotopic (exact) mass is 422 g/mol. The Morgan fingerprint density at radius 2 is 1.09 bits per heavy atom. The zero-order valence-corrected chi connectivity index (χ0v) is 16.8. The molecule has 0 aliphatic rings. The first kappa shape index (κ1) is 20.5. The summed E-state index contributed by atoms with van der Waals surface area (Å²) >= 11 is 0. The van der Waals surface area contributed by atoms with Gasteiger partial charge in [0.1, 0.15) is 11.0 Å². The Labute approximate surface area is 182 Å². The highest BCUT2D eigenvalue weighted by molar-refractivity contribution is 5.43. The molecule has 0 saturated carbocycles. The lowest BCUT2D eigenvalue weighted by molar-refractivity contribution is 1.09. The molecule has 8 heteroatoms. The van der Waals surface area contributed by atoms with Gasteiger partial charge < -0.3 is 0 Å². The lowest BCUT2D eigenvalue weighted by Crippen LogP contribution is -2.48. The average Bonchev–Trinajstić information content (AvgIpc) is 2.85. The second-order valence-electron chi connectivity index (χ2n) is 6.64. The lowest BCUT2D eigenvalue weighted by Gasteiger charge is -2.00. The molecule has 0 radical (unpaired) electrons. The molecular weight excluding hydrogens is 404 g/mol. The van der Waals surface area contributed by atoms with Crippen LogP contribution in [0.5, 0.6) is 0 Å². The van der Waals surface area contributed by atoms with Gasteiger partial charge >= 0.3 is 0 Å². The quantitative estimate of drug-likeness (QED) is 0.366. The van der Waals surface area contributed by atoms with E-state index in [2.05, 4.69) is 31.3 Å². The summed E-state index contributed by atoms with van der Waals surface area (Å²) in [5, 5.41) is 16.0. The minimum atomic E-state index is -0.642. The first-order chi connectivity index (χ1) is 15.7. The van der Waals surface area contributed by atoms with Gasteiger partial charge in [-0.2, -0.15) is 15.3 Å². The van der Waals surface area contributed by atoms with Gasteiger partial charge in [-0.25, -0.2) is 0 Å². The van der Waals surface area contributed by atoms with E-state index in [1.54, 1.807) is 36.4 Å². The largest absolute Gasteiger partial charge is 0.285 e. The van der Waals surface area contributed by atoms with Gasteiger partial charge in [-0.15, -0.1) is 5.11 Å². The lowest BCUT2D eigenvalue weighted by atomic mass is 10.2. The van der Waals surface area contributed by atoms with Crippen molar-refractivity contribution in [1.82, 2.24) is 0 Å². The third kappa shape index (κ3) is 5.06. The summed E-state index contributed by atoms with van der Waals surface area (Å²) in [5.41, 5.74) is 6.12. The van der Waals surface area contributed by atoms with E-state index in [-0.39, 0.29) is 16.4 Å². The maximum absolute atomic E-state index is 12.9. The van der Waals surface area contributed by atoms with Crippen LogP contribution in [0.3, 0.4) is 0 Å². The number of rotatable bonds is 6. The van der Waals surface area contributed by atoms with E-state index in [1.165, 1.54) is 6.07 Å². The summed E-state index contributed by atoms with van der Waals surface area (Å²) in [6.45, 7) is 0. The van der Waals surface area contributed by atoms with Gasteiger partial charge in [-0.1, -0.05) is 54.6 Å². The molecule has 0 fully saturated rings. The number of nitrogens with zero attached hydrogens (tertiary/aromatic N) is 4. The molecule has 0 unspecified atom stereocenters. The molecule has 0 heterocycles. The van der Waals surface area contributed by atoms with Gasteiger partial charge in [0, 0.05) is 6.07 Å². The third-order valence-electron chi connectivity index (χ3n) is 4.35. The maximum Gasteiger partial charge on any atom is 0.237 e. The number of nitrogens with one attached hydrogen (secondary N) is 2. The molecule has 0 aliphatic heterocycles. The van der Waals surface area contributed by atoms with Crippen LogP contribution in [0.1, 0.15) is 0 Å². The van der Waals surface area contributed by atoms with Gasteiger partial charge in [0.05, 0.1) is 17.1 Å². The van der Waals surface area contributed by atoms with Crippen molar-refractivity contribution >= 4 is 22.7 Å². The summed E-state index contributed by atoms with van der Waals surface area (Å²) < 4.78 is 0. The summed E-state index contributed by atoms with van der Waals surface area (Å²) in [6.07, 6.45) is 0. The Bertz CT molecular complexity index is 1440. The van der Waals surface area contributed by atoms with Crippen LogP contribution in [0.25, 0.3) is 0 Å². The topological polar surface area (TPSA) is 108 Å². The number of benzene rings is 4. The zero-order valence-electron chi connectivity index (χ0n) is 16.8. The number of hydrogen-bond donors (Lipinski definition) is 2. The first-order valence-corrected chi connectivity index (χ1v) is 9.76. The number of para-hydroxylation sites is 2. The van der Waals surface area contributed by atoms with E-state index in [1.807, 2.05) is 54.6 Å². The molecule has 0 aliphatic carbocycles. The second-order valence-corrected chi connectivity index (χ2v) is 6.64. The molecule has 32 heavy (non-hydrogen) atoms. The Hall–Kier alpha value is -4.72. The molecule has 8 nitrogen and oxygen atoms in total. The molecule has 0 saturated heterocycles. The van der Waals surface area contributed by atoms with Crippen LogP contribution in [-0.2, 0) is 0 Å². The molecular formula is C24H18N6O2. The van der Waals surface area contributed by atoms with Crippen LogP contribution in [-0.4, -0.2) is 0 Å². The third-order valence-corrected chi connectivity index (χ3v) is 4.35. The van der Waals surface area contributed by atoms with Crippen molar-refractivity contribution in [3.8, 4) is 0 Å². The Kier molecular flexibility index (Phi) is 6.33. The molecule has 0 spiro atoms. The van der Waals surface area contributed by atoms with E-state index < -0.39 is 10.9 Å². The van der Waals surface area contributed by atoms with Crippen LogP contribution >= 0.6 is 0 Å². The highest BCUT2D eigenvalue weighted by atomic mass is 16.1. The average molecular weight is 422 g/mol. The summed E-state index contributed by atoms with van der Waals surface area (Å²) in [5.74, 6) is 0. The van der Waals surface area contributed by atoms with Crippen LogP contribution in [0.4, 0.5) is 22.7 Å². The van der Waals surface area contributed by atoms with E-state index >= 15 is 0 Å². The minimum Gasteiger partial charge on any atom is -0.285 e. The van der Waals surface area contributed by atoms with Crippen molar-refractivity contribution in [2.75, 3.05) is 10.9 Å². The first-order valence-electron chi connectivity index (χ1n) is 9.76. The molecule has 0 atom stereocenters. The van der Waals surface area contributed by atoms with E-state index in [9.17, 15) is 9.59 Å². The number of anilines is 2. The number of hydrogen-bond acceptors (Lipinski definition) is 8. The van der Waals surface area contributed by atoms with Gasteiger partial charge in [0.25, 0.3) is 0 Å². The van der Waals surface area contributed by atoms with Crippen LogP contribution in [0, 0.1) is 0 Å². The fourth-order valence-electron chi connectivity index (χ4n) is 2.74. The molecule has 4 aromatic carbocycles. The highest BCUT2D eigenvalue weighted by Crippen LogP contribution is 2.13. The van der Waals surface area contributed by atoms with E-state index in [4.69, 9.17) is 0 Å². The minimum absolute atomic E-state index is 0.0101. The van der Waals surface area contributed by atoms with Crippen molar-refractivity contribution in [2.24, 2.45) is 20.4 Å². The molecule has 2 N–H and O–H groups in total. The van der Waals surface area contributed by atoms with Crippen LogP contribution in [0.2, 0.25) is 0 Å². The van der Waals surface area contributed by atoms with Gasteiger partial charge in [0.2, 0.25) is 10.9 Å². The summed E-state index contributed by atoms with van der Waals surface area (Å²) in [6, 6.07) is 28.4. The van der Waals surface area contributed by atoms with E-state index in [0.717, 1.165) is 0 Å². The fourth-order valence-corrected chi connectivity index (χ4v) is 2.74. The predicted octanol–water partition coefficient (Wildman–Crippen LogP) is 3.55. The van der Waals surface area contributed by atoms with Gasteiger partial charge in [0.15, 0.2) is 5.36 Å². The van der Waals surface area contributed by atoms with Crippen LogP contribution in [0.15, 0.2) is 127 Å². The van der Waals surface area contributed by atoms with Gasteiger partial charge in [-0.3, -0.25) is 20.4 Å². The van der Waals surface area contributed by atoms with Crippen molar-refractivity contribution in [3.63, 3.8) is 0 Å². The zero-order chi connectivity index (χ0) is 22.2. The maximum atomic E-state index is 12.9. The van der Waals surface area contributed by atoms with Crippen molar-refractivity contribution < 1.29 is 0 Å². The smallest absolute Gasteiger partial charge is 0.237 e. The second kappa shape index (κ2) is 9.86. The summed E-state index contributed by atoms with van der Waals surface area (Å²) in [7, 11) is 0. The molecule has 4 aromatic rings. The van der Waals surface area contributed by atoms with Crippen LogP contribution < -0.4 is 32.4 Å². The van der Waals surface area contributed by atoms with Crippen molar-refractivity contribution in [1.29, 1.82) is 0 Å². The molecule has 0 amide bonds. The SMILES string of the molecule is O=c1c(N=Nc2ccccc2)c/c(=N\Nc2ccccc2)c(=O)/c1=N\Nc1ccccc1. The Balaban J connectivity index is 1.81. The van der Waals surface area contributed by atoms with E-state index in [0.29, 0.717) is 17.1 Å². The normalized spacial score (nSPS) is 12.2. The fraction of sp³-hybridized carbons (Fsp3) is 0. The molecule has 0 aromatic heterocycles. The number of azo groups is 1. The summed E-state index contributed by atoms with van der Waals surface area (Å²) in [4.78, 5) is 25.8. The Morgan fingerprint density at radius 3 is 1.69 bits per heavy atom. The molecule has 4 rings (SSSR count). The highest BCUT2D eigenvalue weighted by Gasteiger charge is 2.09. The van der Waals surface area contributed by atoms with Gasteiger partial charge in [-0.05, 0) is 36.4 Å². The van der Waals surface area contributed by atoms with Crippen molar-refractivity contribution in [3.05, 3.63) is 128 Å². The molecule has 156 valence electrons. The Morgan fingerprint density at radius 1 is 0.562 bits per heavy atom. The molecule has 0 bridgehead atoms. The standard InChI is InChI=1S/C24H18N6O2/c31-23-20(28-25-17-10-4-1-5-11-17)16-21(29-26-18-12-6-2-7-13-18)24(32)22(23)30-27-19-14-8-3-9-15-19/h1-16,25,27H/b28-20+,29-26?,30-22+. The van der Waals surface area contributed by atoms with Crippen molar-refractivity contribution in [2.45, 2.75) is 0 Å².